The highest BCUT2D eigenvalue weighted by atomic mass is 32.2. The van der Waals surface area contributed by atoms with Crippen LogP contribution in [0.5, 0.6) is 0 Å². The molecule has 0 aromatic heterocycles. The molecule has 5 heteroatoms. The maximum absolute atomic E-state index is 10.8. The first-order valence-electron chi connectivity index (χ1n) is 5.37. The summed E-state index contributed by atoms with van der Waals surface area (Å²) in [5.74, 6) is 0. The standard InChI is InChI=1S/C12H18N2O2S/c1-11(12-6-4-3-5-7-12)10-13-8-9-14-17(2,15)16/h3-7,13-14H,1,8-10H2,2H3. The van der Waals surface area contributed by atoms with E-state index < -0.39 is 10.0 Å². The van der Waals surface area contributed by atoms with Crippen LogP contribution in [-0.4, -0.2) is 34.3 Å². The van der Waals surface area contributed by atoms with E-state index in [4.69, 9.17) is 0 Å². The molecule has 0 saturated carbocycles. The highest BCUT2D eigenvalue weighted by Crippen LogP contribution is 2.09. The maximum Gasteiger partial charge on any atom is 0.208 e. The molecule has 0 saturated heterocycles. The molecule has 17 heavy (non-hydrogen) atoms. The second kappa shape index (κ2) is 6.54. The lowest BCUT2D eigenvalue weighted by Crippen LogP contribution is -2.31. The van der Waals surface area contributed by atoms with Gasteiger partial charge in [0.25, 0.3) is 0 Å². The van der Waals surface area contributed by atoms with Gasteiger partial charge in [0.05, 0.1) is 6.26 Å². The van der Waals surface area contributed by atoms with Gasteiger partial charge < -0.3 is 5.32 Å². The summed E-state index contributed by atoms with van der Waals surface area (Å²) in [6.07, 6.45) is 1.15. The Morgan fingerprint density at radius 3 is 2.47 bits per heavy atom. The minimum Gasteiger partial charge on any atom is -0.311 e. The minimum atomic E-state index is -3.09. The number of rotatable bonds is 7. The fraction of sp³-hybridized carbons (Fsp3) is 0.333. The summed E-state index contributed by atoms with van der Waals surface area (Å²) in [5.41, 5.74) is 2.08. The highest BCUT2D eigenvalue weighted by molar-refractivity contribution is 7.88. The Hall–Kier alpha value is -1.17. The molecule has 0 atom stereocenters. The number of benzene rings is 1. The molecule has 0 aliphatic carbocycles. The lowest BCUT2D eigenvalue weighted by Gasteiger charge is -2.08. The summed E-state index contributed by atoms with van der Waals surface area (Å²) in [7, 11) is -3.09. The van der Waals surface area contributed by atoms with Crippen molar-refractivity contribution >= 4 is 15.6 Å². The number of hydrogen-bond donors (Lipinski definition) is 2. The predicted octanol–water partition coefficient (Wildman–Crippen LogP) is 0.839. The smallest absolute Gasteiger partial charge is 0.208 e. The van der Waals surface area contributed by atoms with Gasteiger partial charge in [0.2, 0.25) is 10.0 Å². The second-order valence-electron chi connectivity index (χ2n) is 3.81. The van der Waals surface area contributed by atoms with E-state index in [1.165, 1.54) is 0 Å². The zero-order valence-electron chi connectivity index (χ0n) is 9.94. The maximum atomic E-state index is 10.8. The fourth-order valence-corrected chi connectivity index (χ4v) is 1.81. The van der Waals surface area contributed by atoms with Crippen LogP contribution in [0.3, 0.4) is 0 Å². The number of sulfonamides is 1. The Labute approximate surface area is 103 Å². The molecule has 0 radical (unpaired) electrons. The fourth-order valence-electron chi connectivity index (χ4n) is 1.34. The molecular weight excluding hydrogens is 236 g/mol. The molecule has 0 amide bonds. The quantitative estimate of drug-likeness (QED) is 0.709. The van der Waals surface area contributed by atoms with E-state index in [1.54, 1.807) is 0 Å². The molecule has 1 aromatic rings. The highest BCUT2D eigenvalue weighted by Gasteiger charge is 1.99. The first kappa shape index (κ1) is 13.9. The molecule has 2 N–H and O–H groups in total. The molecule has 1 aromatic carbocycles. The average Bonchev–Trinajstić information content (AvgIpc) is 2.28. The molecule has 4 nitrogen and oxygen atoms in total. The van der Waals surface area contributed by atoms with Crippen molar-refractivity contribution in [1.29, 1.82) is 0 Å². The molecule has 0 heterocycles. The van der Waals surface area contributed by atoms with Crippen molar-refractivity contribution in [1.82, 2.24) is 10.0 Å². The molecule has 0 unspecified atom stereocenters. The first-order chi connectivity index (χ1) is 7.99. The van der Waals surface area contributed by atoms with E-state index in [0.717, 1.165) is 17.4 Å². The predicted molar refractivity (Wildman–Crippen MR) is 71.2 cm³/mol. The van der Waals surface area contributed by atoms with E-state index in [-0.39, 0.29) is 0 Å². The summed E-state index contributed by atoms with van der Waals surface area (Å²) in [6.45, 7) is 5.59. The normalized spacial score (nSPS) is 11.4. The molecule has 94 valence electrons. The van der Waals surface area contributed by atoms with Crippen LogP contribution in [-0.2, 0) is 10.0 Å². The van der Waals surface area contributed by atoms with Gasteiger partial charge in [-0.1, -0.05) is 36.9 Å². The summed E-state index contributed by atoms with van der Waals surface area (Å²) in [5, 5.41) is 3.13. The lowest BCUT2D eigenvalue weighted by molar-refractivity contribution is 0.584. The molecule has 0 spiro atoms. The van der Waals surface area contributed by atoms with Crippen molar-refractivity contribution in [2.75, 3.05) is 25.9 Å². The molecule has 1 rings (SSSR count). The van der Waals surface area contributed by atoms with E-state index in [1.807, 2.05) is 30.3 Å². The first-order valence-corrected chi connectivity index (χ1v) is 7.27. The van der Waals surface area contributed by atoms with E-state index in [0.29, 0.717) is 19.6 Å². The molecule has 0 aliphatic heterocycles. The van der Waals surface area contributed by atoms with Crippen LogP contribution in [0.2, 0.25) is 0 Å². The van der Waals surface area contributed by atoms with Crippen molar-refractivity contribution in [2.24, 2.45) is 0 Å². The molecule has 0 aliphatic rings. The van der Waals surface area contributed by atoms with Crippen LogP contribution in [0.25, 0.3) is 5.57 Å². The van der Waals surface area contributed by atoms with E-state index in [2.05, 4.69) is 16.6 Å². The minimum absolute atomic E-state index is 0.390. The van der Waals surface area contributed by atoms with E-state index >= 15 is 0 Å². The van der Waals surface area contributed by atoms with Gasteiger partial charge in [-0.2, -0.15) is 0 Å². The topological polar surface area (TPSA) is 58.2 Å². The van der Waals surface area contributed by atoms with Crippen molar-refractivity contribution in [3.63, 3.8) is 0 Å². The Morgan fingerprint density at radius 2 is 1.88 bits per heavy atom. The summed E-state index contributed by atoms with van der Waals surface area (Å²) in [4.78, 5) is 0. The zero-order chi connectivity index (χ0) is 12.7. The largest absolute Gasteiger partial charge is 0.311 e. The monoisotopic (exact) mass is 254 g/mol. The van der Waals surface area contributed by atoms with Crippen LogP contribution in [0.15, 0.2) is 36.9 Å². The van der Waals surface area contributed by atoms with Gasteiger partial charge in [-0.25, -0.2) is 13.1 Å². The van der Waals surface area contributed by atoms with Crippen LogP contribution < -0.4 is 10.0 Å². The average molecular weight is 254 g/mol. The van der Waals surface area contributed by atoms with Gasteiger partial charge in [-0.05, 0) is 11.1 Å². The Balaban J connectivity index is 2.22. The molecular formula is C12H18N2O2S. The number of nitrogens with one attached hydrogen (secondary N) is 2. The third-order valence-electron chi connectivity index (χ3n) is 2.19. The summed E-state index contributed by atoms with van der Waals surface area (Å²) < 4.78 is 24.0. The Bertz CT molecular complexity index is 455. The van der Waals surface area contributed by atoms with Gasteiger partial charge in [0.1, 0.15) is 0 Å². The lowest BCUT2D eigenvalue weighted by atomic mass is 10.1. The van der Waals surface area contributed by atoms with Crippen molar-refractivity contribution < 1.29 is 8.42 Å². The van der Waals surface area contributed by atoms with Gasteiger partial charge >= 0.3 is 0 Å². The van der Waals surface area contributed by atoms with Gasteiger partial charge in [-0.3, -0.25) is 0 Å². The molecule has 0 fully saturated rings. The zero-order valence-corrected chi connectivity index (χ0v) is 10.8. The van der Waals surface area contributed by atoms with Gasteiger partial charge in [-0.15, -0.1) is 0 Å². The SMILES string of the molecule is C=C(CNCCNS(C)(=O)=O)c1ccccc1. The second-order valence-corrected chi connectivity index (χ2v) is 5.65. The van der Waals surface area contributed by atoms with Gasteiger partial charge in [0.15, 0.2) is 0 Å². The van der Waals surface area contributed by atoms with Crippen LogP contribution in [0, 0.1) is 0 Å². The Kier molecular flexibility index (Phi) is 5.34. The van der Waals surface area contributed by atoms with Crippen LogP contribution in [0.1, 0.15) is 5.56 Å². The van der Waals surface area contributed by atoms with Crippen LogP contribution in [0.4, 0.5) is 0 Å². The summed E-state index contributed by atoms with van der Waals surface area (Å²) in [6, 6.07) is 9.88. The third-order valence-corrected chi connectivity index (χ3v) is 2.91. The van der Waals surface area contributed by atoms with Crippen molar-refractivity contribution in [2.45, 2.75) is 0 Å². The van der Waals surface area contributed by atoms with E-state index in [9.17, 15) is 8.42 Å². The van der Waals surface area contributed by atoms with Gasteiger partial charge in [0, 0.05) is 19.6 Å². The van der Waals surface area contributed by atoms with Crippen molar-refractivity contribution in [3.05, 3.63) is 42.5 Å². The summed E-state index contributed by atoms with van der Waals surface area (Å²) >= 11 is 0. The third kappa shape index (κ3) is 6.21. The van der Waals surface area contributed by atoms with Crippen molar-refractivity contribution in [3.8, 4) is 0 Å². The molecule has 0 bridgehead atoms. The Morgan fingerprint density at radius 1 is 1.24 bits per heavy atom. The van der Waals surface area contributed by atoms with Crippen LogP contribution >= 0.6 is 0 Å². The number of hydrogen-bond acceptors (Lipinski definition) is 3.